The molecule has 2 aliphatic rings. The first-order valence-electron chi connectivity index (χ1n) is 6.05. The summed E-state index contributed by atoms with van der Waals surface area (Å²) in [5, 5.41) is 2.99. The van der Waals surface area contributed by atoms with Crippen molar-refractivity contribution in [2.75, 3.05) is 13.6 Å². The lowest BCUT2D eigenvalue weighted by atomic mass is 9.94. The molecule has 6 heteroatoms. The molecule has 1 aliphatic carbocycles. The third-order valence-corrected chi connectivity index (χ3v) is 3.51. The van der Waals surface area contributed by atoms with E-state index in [2.05, 4.69) is 14.8 Å². The van der Waals surface area contributed by atoms with E-state index >= 15 is 0 Å². The number of Topliss-reactive ketones (excluding diaryl/α,β-unsaturated/α-hetero) is 1. The Bertz CT molecular complexity index is 541. The highest BCUT2D eigenvalue weighted by molar-refractivity contribution is 6.03. The van der Waals surface area contributed by atoms with Crippen LogP contribution >= 0.6 is 0 Å². The molecule has 0 aromatic heterocycles. The Kier molecular flexibility index (Phi) is 2.53. The standard InChI is InChI=1S/C13H13F2NO3/c1-16-7-12(4-5-12)11(17)8-2-3-9-10(6-8)19-13(14,15)18-9/h2-3,6,16H,4-5,7H2,1H3. The van der Waals surface area contributed by atoms with Crippen molar-refractivity contribution in [2.45, 2.75) is 19.1 Å². The van der Waals surface area contributed by atoms with Crippen molar-refractivity contribution in [3.63, 3.8) is 0 Å². The Balaban J connectivity index is 1.86. The van der Waals surface area contributed by atoms with Gasteiger partial charge in [0.05, 0.1) is 0 Å². The van der Waals surface area contributed by atoms with Crippen molar-refractivity contribution in [2.24, 2.45) is 5.41 Å². The summed E-state index contributed by atoms with van der Waals surface area (Å²) >= 11 is 0. The predicted molar refractivity (Wildman–Crippen MR) is 62.6 cm³/mol. The SMILES string of the molecule is CNCC1(C(=O)c2ccc3c(c2)OC(F)(F)O3)CC1. The van der Waals surface area contributed by atoms with Crippen molar-refractivity contribution in [1.82, 2.24) is 5.32 Å². The number of fused-ring (bicyclic) bond motifs is 1. The van der Waals surface area contributed by atoms with Crippen molar-refractivity contribution >= 4 is 5.78 Å². The minimum absolute atomic E-state index is 0.0385. The topological polar surface area (TPSA) is 47.6 Å². The summed E-state index contributed by atoms with van der Waals surface area (Å²) in [7, 11) is 1.79. The highest BCUT2D eigenvalue weighted by atomic mass is 19.3. The third-order valence-electron chi connectivity index (χ3n) is 3.51. The Morgan fingerprint density at radius 2 is 2.00 bits per heavy atom. The number of carbonyl (C=O) groups excluding carboxylic acids is 1. The Morgan fingerprint density at radius 1 is 1.32 bits per heavy atom. The fourth-order valence-electron chi connectivity index (χ4n) is 2.37. The van der Waals surface area contributed by atoms with Gasteiger partial charge in [0.25, 0.3) is 0 Å². The molecule has 1 fully saturated rings. The van der Waals surface area contributed by atoms with Crippen LogP contribution in [0.15, 0.2) is 18.2 Å². The van der Waals surface area contributed by atoms with E-state index in [0.29, 0.717) is 12.1 Å². The largest absolute Gasteiger partial charge is 0.586 e. The smallest absolute Gasteiger partial charge is 0.395 e. The second-order valence-electron chi connectivity index (χ2n) is 4.97. The van der Waals surface area contributed by atoms with Gasteiger partial charge in [-0.15, -0.1) is 8.78 Å². The second-order valence-corrected chi connectivity index (χ2v) is 4.97. The van der Waals surface area contributed by atoms with Crippen LogP contribution < -0.4 is 14.8 Å². The van der Waals surface area contributed by atoms with Crippen molar-refractivity contribution in [3.8, 4) is 11.5 Å². The van der Waals surface area contributed by atoms with Gasteiger partial charge >= 0.3 is 6.29 Å². The summed E-state index contributed by atoms with van der Waals surface area (Å²) in [6, 6.07) is 4.18. The summed E-state index contributed by atoms with van der Waals surface area (Å²) in [6.07, 6.45) is -2.01. The highest BCUT2D eigenvalue weighted by Crippen LogP contribution is 2.49. The molecule has 0 radical (unpaired) electrons. The van der Waals surface area contributed by atoms with Gasteiger partial charge < -0.3 is 14.8 Å². The molecule has 0 atom stereocenters. The molecule has 19 heavy (non-hydrogen) atoms. The lowest BCUT2D eigenvalue weighted by Gasteiger charge is -2.13. The number of ether oxygens (including phenoxy) is 2. The molecular weight excluding hydrogens is 256 g/mol. The number of hydrogen-bond donors (Lipinski definition) is 1. The Morgan fingerprint density at radius 3 is 2.63 bits per heavy atom. The van der Waals surface area contributed by atoms with Crippen LogP contribution in [0.25, 0.3) is 0 Å². The second kappa shape index (κ2) is 3.90. The average molecular weight is 269 g/mol. The van der Waals surface area contributed by atoms with Crippen molar-refractivity contribution in [3.05, 3.63) is 23.8 Å². The molecule has 1 aromatic rings. The van der Waals surface area contributed by atoms with Gasteiger partial charge in [-0.25, -0.2) is 0 Å². The molecule has 1 saturated carbocycles. The number of halogens is 2. The maximum atomic E-state index is 12.9. The number of nitrogens with one attached hydrogen (secondary N) is 1. The van der Waals surface area contributed by atoms with Gasteiger partial charge in [0, 0.05) is 17.5 Å². The fraction of sp³-hybridized carbons (Fsp3) is 0.462. The first kappa shape index (κ1) is 12.3. The number of hydrogen-bond acceptors (Lipinski definition) is 4. The molecule has 1 heterocycles. The Hall–Kier alpha value is -1.69. The zero-order valence-corrected chi connectivity index (χ0v) is 10.3. The van der Waals surface area contributed by atoms with E-state index in [1.54, 1.807) is 7.05 Å². The zero-order chi connectivity index (χ0) is 13.7. The van der Waals surface area contributed by atoms with E-state index in [9.17, 15) is 13.6 Å². The lowest BCUT2D eigenvalue weighted by Crippen LogP contribution is -2.28. The van der Waals surface area contributed by atoms with Crippen LogP contribution in [-0.2, 0) is 0 Å². The minimum Gasteiger partial charge on any atom is -0.395 e. The van der Waals surface area contributed by atoms with Gasteiger partial charge in [-0.2, -0.15) is 0 Å². The first-order valence-corrected chi connectivity index (χ1v) is 6.05. The van der Waals surface area contributed by atoms with E-state index in [1.807, 2.05) is 0 Å². The molecule has 0 bridgehead atoms. The molecule has 3 rings (SSSR count). The minimum atomic E-state index is -3.65. The molecule has 1 aliphatic heterocycles. The Labute approximate surface area is 108 Å². The summed E-state index contributed by atoms with van der Waals surface area (Å²) < 4.78 is 34.4. The van der Waals surface area contributed by atoms with Crippen LogP contribution in [0.3, 0.4) is 0 Å². The molecule has 0 spiro atoms. The molecule has 1 N–H and O–H groups in total. The molecule has 4 nitrogen and oxygen atoms in total. The maximum absolute atomic E-state index is 12.9. The van der Waals surface area contributed by atoms with Gasteiger partial charge in [-0.05, 0) is 38.1 Å². The van der Waals surface area contributed by atoms with Gasteiger partial charge in [0.15, 0.2) is 17.3 Å². The van der Waals surface area contributed by atoms with Crippen LogP contribution in [0.4, 0.5) is 8.78 Å². The quantitative estimate of drug-likeness (QED) is 0.851. The summed E-state index contributed by atoms with van der Waals surface area (Å²) in [5.74, 6) is -0.167. The van der Waals surface area contributed by atoms with E-state index in [0.717, 1.165) is 12.8 Å². The number of ketones is 1. The van der Waals surface area contributed by atoms with Gasteiger partial charge in [0.2, 0.25) is 0 Å². The van der Waals surface area contributed by atoms with Crippen molar-refractivity contribution in [1.29, 1.82) is 0 Å². The summed E-state index contributed by atoms with van der Waals surface area (Å²) in [4.78, 5) is 12.4. The maximum Gasteiger partial charge on any atom is 0.586 e. The normalized spacial score (nSPS) is 21.2. The molecule has 0 unspecified atom stereocenters. The molecule has 0 saturated heterocycles. The van der Waals surface area contributed by atoms with Gasteiger partial charge in [0.1, 0.15) is 0 Å². The van der Waals surface area contributed by atoms with Crippen molar-refractivity contribution < 1.29 is 23.0 Å². The predicted octanol–water partition coefficient (Wildman–Crippen LogP) is 2.19. The first-order chi connectivity index (χ1) is 8.96. The van der Waals surface area contributed by atoms with Crippen LogP contribution in [-0.4, -0.2) is 25.7 Å². The molecule has 0 amide bonds. The number of rotatable bonds is 4. The molecule has 1 aromatic carbocycles. The van der Waals surface area contributed by atoms with Crippen LogP contribution in [0.2, 0.25) is 0 Å². The molecular formula is C13H13F2NO3. The molecule has 102 valence electrons. The number of alkyl halides is 2. The average Bonchev–Trinajstić information content (AvgIpc) is 3.04. The van der Waals surface area contributed by atoms with E-state index < -0.39 is 6.29 Å². The van der Waals surface area contributed by atoms with E-state index in [4.69, 9.17) is 0 Å². The van der Waals surface area contributed by atoms with Crippen LogP contribution in [0, 0.1) is 5.41 Å². The van der Waals surface area contributed by atoms with Gasteiger partial charge in [-0.3, -0.25) is 4.79 Å². The van der Waals surface area contributed by atoms with Crippen LogP contribution in [0.5, 0.6) is 11.5 Å². The number of carbonyl (C=O) groups is 1. The third kappa shape index (κ3) is 2.06. The van der Waals surface area contributed by atoms with E-state index in [-0.39, 0.29) is 22.7 Å². The fourth-order valence-corrected chi connectivity index (χ4v) is 2.37. The lowest BCUT2D eigenvalue weighted by molar-refractivity contribution is -0.286. The summed E-state index contributed by atoms with van der Waals surface area (Å²) in [6.45, 7) is 0.594. The zero-order valence-electron chi connectivity index (χ0n) is 10.3. The number of benzene rings is 1. The highest BCUT2D eigenvalue weighted by Gasteiger charge is 2.50. The van der Waals surface area contributed by atoms with Gasteiger partial charge in [-0.1, -0.05) is 0 Å². The summed E-state index contributed by atoms with van der Waals surface area (Å²) in [5.41, 5.74) is -0.00174. The monoisotopic (exact) mass is 269 g/mol. The van der Waals surface area contributed by atoms with Crippen LogP contribution in [0.1, 0.15) is 23.2 Å². The van der Waals surface area contributed by atoms with E-state index in [1.165, 1.54) is 18.2 Å².